The second kappa shape index (κ2) is 7.48. The van der Waals surface area contributed by atoms with E-state index in [-0.39, 0.29) is 18.4 Å². The summed E-state index contributed by atoms with van der Waals surface area (Å²) in [6, 6.07) is 3.88. The van der Waals surface area contributed by atoms with E-state index < -0.39 is 5.97 Å². The number of esters is 1. The van der Waals surface area contributed by atoms with Gasteiger partial charge in [0, 0.05) is 5.39 Å². The Kier molecular flexibility index (Phi) is 5.27. The van der Waals surface area contributed by atoms with E-state index in [1.54, 1.807) is 20.8 Å². The van der Waals surface area contributed by atoms with Crippen LogP contribution in [0.4, 0.5) is 5.13 Å². The van der Waals surface area contributed by atoms with Crippen LogP contribution in [0.5, 0.6) is 0 Å². The van der Waals surface area contributed by atoms with Gasteiger partial charge in [-0.1, -0.05) is 16.5 Å². The number of ether oxygens (including phenoxy) is 1. The molecule has 1 aromatic carbocycles. The van der Waals surface area contributed by atoms with Gasteiger partial charge in [0.25, 0.3) is 0 Å². The molecule has 0 aliphatic heterocycles. The van der Waals surface area contributed by atoms with Crippen molar-refractivity contribution in [2.75, 3.05) is 5.32 Å². The molecule has 27 heavy (non-hydrogen) atoms. The van der Waals surface area contributed by atoms with Crippen molar-refractivity contribution >= 4 is 39.3 Å². The number of hydrogen-bond donors (Lipinski definition) is 1. The molecule has 0 radical (unpaired) electrons. The maximum Gasteiger partial charge on any atom is 0.350 e. The highest BCUT2D eigenvalue weighted by atomic mass is 32.1. The molecule has 0 bridgehead atoms. The number of carbonyl (C=O) groups excluding carboxylic acids is 2. The van der Waals surface area contributed by atoms with Gasteiger partial charge in [-0.25, -0.2) is 9.78 Å². The zero-order valence-corrected chi connectivity index (χ0v) is 16.7. The van der Waals surface area contributed by atoms with Gasteiger partial charge in [0.05, 0.1) is 18.2 Å². The van der Waals surface area contributed by atoms with E-state index in [9.17, 15) is 9.59 Å². The van der Waals surface area contributed by atoms with Gasteiger partial charge in [-0.2, -0.15) is 0 Å². The fourth-order valence-corrected chi connectivity index (χ4v) is 3.46. The van der Waals surface area contributed by atoms with E-state index in [2.05, 4.69) is 15.5 Å². The number of anilines is 1. The van der Waals surface area contributed by atoms with Crippen LogP contribution in [0.3, 0.4) is 0 Å². The summed E-state index contributed by atoms with van der Waals surface area (Å²) in [7, 11) is 0. The summed E-state index contributed by atoms with van der Waals surface area (Å²) in [5, 5.41) is 7.91. The molecule has 2 aromatic heterocycles. The molecule has 3 aromatic rings. The molecule has 0 atom stereocenters. The number of nitrogens with zero attached hydrogens (tertiary/aromatic N) is 2. The van der Waals surface area contributed by atoms with Gasteiger partial charge in [-0.05, 0) is 57.9 Å². The molecule has 0 aliphatic rings. The highest BCUT2D eigenvalue weighted by Crippen LogP contribution is 2.25. The Hall–Kier alpha value is -2.74. The quantitative estimate of drug-likeness (QED) is 0.666. The molecule has 1 amide bonds. The lowest BCUT2D eigenvalue weighted by atomic mass is 10.1. The minimum Gasteiger partial charge on any atom is -0.459 e. The third-order valence-electron chi connectivity index (χ3n) is 4.06. The number of aryl methyl sites for hydroxylation is 3. The predicted molar refractivity (Wildman–Crippen MR) is 103 cm³/mol. The molecule has 142 valence electrons. The first-order valence-electron chi connectivity index (χ1n) is 8.58. The lowest BCUT2D eigenvalue weighted by Gasteiger charge is -2.05. The molecule has 2 heterocycles. The number of hydrogen-bond acceptors (Lipinski definition) is 7. The first-order valence-corrected chi connectivity index (χ1v) is 9.40. The van der Waals surface area contributed by atoms with E-state index in [0.29, 0.717) is 27.0 Å². The molecule has 0 unspecified atom stereocenters. The minimum atomic E-state index is -0.436. The Balaban J connectivity index is 1.73. The Bertz CT molecular complexity index is 1020. The molecule has 0 saturated heterocycles. The topological polar surface area (TPSA) is 94.3 Å². The number of benzene rings is 1. The zero-order chi connectivity index (χ0) is 19.7. The molecular weight excluding hydrogens is 366 g/mol. The van der Waals surface area contributed by atoms with Crippen LogP contribution in [0.15, 0.2) is 16.7 Å². The van der Waals surface area contributed by atoms with Crippen molar-refractivity contribution in [3.63, 3.8) is 0 Å². The largest absolute Gasteiger partial charge is 0.459 e. The average molecular weight is 387 g/mol. The highest BCUT2D eigenvalue weighted by Gasteiger charge is 2.20. The Morgan fingerprint density at radius 2 is 1.93 bits per heavy atom. The predicted octanol–water partition coefficient (Wildman–Crippen LogP) is 3.96. The van der Waals surface area contributed by atoms with E-state index in [1.165, 1.54) is 0 Å². The van der Waals surface area contributed by atoms with Crippen LogP contribution in [-0.4, -0.2) is 28.1 Å². The van der Waals surface area contributed by atoms with Crippen molar-refractivity contribution in [2.24, 2.45) is 0 Å². The van der Waals surface area contributed by atoms with Gasteiger partial charge in [0.1, 0.15) is 10.6 Å². The maximum atomic E-state index is 12.4. The smallest absolute Gasteiger partial charge is 0.350 e. The molecular formula is C19H21N3O4S. The normalized spacial score (nSPS) is 11.2. The van der Waals surface area contributed by atoms with Gasteiger partial charge in [-0.15, -0.1) is 0 Å². The fraction of sp³-hybridized carbons (Fsp3) is 0.368. The van der Waals surface area contributed by atoms with Crippen LogP contribution in [0, 0.1) is 20.8 Å². The number of amides is 1. The third-order valence-corrected chi connectivity index (χ3v) is 5.11. The number of rotatable bonds is 5. The monoisotopic (exact) mass is 387 g/mol. The fourth-order valence-electron chi connectivity index (χ4n) is 2.59. The summed E-state index contributed by atoms with van der Waals surface area (Å²) in [5.74, 6) is -0.713. The first-order chi connectivity index (χ1) is 12.7. The average Bonchev–Trinajstić information content (AvgIpc) is 3.11. The molecule has 0 saturated carbocycles. The Morgan fingerprint density at radius 1 is 1.22 bits per heavy atom. The van der Waals surface area contributed by atoms with Crippen molar-refractivity contribution < 1.29 is 18.8 Å². The van der Waals surface area contributed by atoms with Gasteiger partial charge in [0.2, 0.25) is 5.91 Å². The van der Waals surface area contributed by atoms with Crippen LogP contribution in [0.1, 0.15) is 46.0 Å². The lowest BCUT2D eigenvalue weighted by Crippen LogP contribution is -2.14. The minimum absolute atomic E-state index is 0.0555. The van der Waals surface area contributed by atoms with E-state index in [4.69, 9.17) is 9.26 Å². The van der Waals surface area contributed by atoms with Crippen LogP contribution in [0.25, 0.3) is 11.0 Å². The van der Waals surface area contributed by atoms with Gasteiger partial charge in [0.15, 0.2) is 10.7 Å². The summed E-state index contributed by atoms with van der Waals surface area (Å²) < 4.78 is 10.5. The molecule has 8 heteroatoms. The van der Waals surface area contributed by atoms with Crippen LogP contribution in [-0.2, 0) is 16.0 Å². The second-order valence-corrected chi connectivity index (χ2v) is 7.67. The summed E-state index contributed by atoms with van der Waals surface area (Å²) >= 11 is 1.10. The lowest BCUT2D eigenvalue weighted by molar-refractivity contribution is -0.115. The zero-order valence-electron chi connectivity index (χ0n) is 15.9. The molecule has 0 fully saturated rings. The molecule has 0 spiro atoms. The van der Waals surface area contributed by atoms with Crippen LogP contribution < -0.4 is 5.32 Å². The van der Waals surface area contributed by atoms with Crippen LogP contribution >= 0.6 is 11.3 Å². The second-order valence-electron chi connectivity index (χ2n) is 6.67. The number of thiazole rings is 1. The van der Waals surface area contributed by atoms with Crippen molar-refractivity contribution in [3.05, 3.63) is 39.5 Å². The molecule has 0 aliphatic carbocycles. The van der Waals surface area contributed by atoms with Crippen molar-refractivity contribution in [1.82, 2.24) is 10.1 Å². The van der Waals surface area contributed by atoms with E-state index >= 15 is 0 Å². The third kappa shape index (κ3) is 4.16. The number of nitrogens with one attached hydrogen (secondary N) is 1. The van der Waals surface area contributed by atoms with Crippen LogP contribution in [0.2, 0.25) is 0 Å². The standard InChI is InChI=1S/C19H21N3O4S/c1-9(2)25-18(24)17-12(5)20-19(27-17)21-16(23)8-14-13-6-10(3)11(4)7-15(13)26-22-14/h6-7,9H,8H2,1-5H3,(H,20,21,23). The highest BCUT2D eigenvalue weighted by molar-refractivity contribution is 7.17. The maximum absolute atomic E-state index is 12.4. The summed E-state index contributed by atoms with van der Waals surface area (Å²) in [6.45, 7) is 9.27. The Morgan fingerprint density at radius 3 is 2.63 bits per heavy atom. The van der Waals surface area contributed by atoms with E-state index in [0.717, 1.165) is 27.8 Å². The Labute approximate surface area is 160 Å². The molecule has 7 nitrogen and oxygen atoms in total. The molecule has 1 N–H and O–H groups in total. The SMILES string of the molecule is Cc1cc2onc(CC(=O)Nc3nc(C)c(C(=O)OC(C)C)s3)c2cc1C. The van der Waals surface area contributed by atoms with Gasteiger partial charge < -0.3 is 14.6 Å². The summed E-state index contributed by atoms with van der Waals surface area (Å²) in [4.78, 5) is 29.1. The number of aromatic nitrogens is 2. The number of fused-ring (bicyclic) bond motifs is 1. The van der Waals surface area contributed by atoms with Gasteiger partial charge >= 0.3 is 5.97 Å². The summed E-state index contributed by atoms with van der Waals surface area (Å²) in [5.41, 5.74) is 3.96. The van der Waals surface area contributed by atoms with Crippen molar-refractivity contribution in [2.45, 2.75) is 47.1 Å². The summed E-state index contributed by atoms with van der Waals surface area (Å²) in [6.07, 6.45) is -0.163. The van der Waals surface area contributed by atoms with E-state index in [1.807, 2.05) is 26.0 Å². The first kappa shape index (κ1) is 19.0. The number of carbonyl (C=O) groups is 2. The van der Waals surface area contributed by atoms with Crippen molar-refractivity contribution in [3.8, 4) is 0 Å². The van der Waals surface area contributed by atoms with Gasteiger partial charge in [-0.3, -0.25) is 4.79 Å². The van der Waals surface area contributed by atoms with Crippen molar-refractivity contribution in [1.29, 1.82) is 0 Å². The molecule has 3 rings (SSSR count).